The Morgan fingerprint density at radius 1 is 1.33 bits per heavy atom. The number of benzene rings is 1. The first kappa shape index (κ1) is 13.4. The molecule has 0 spiro atoms. The number of rotatable bonds is 4. The molecule has 1 rings (SSSR count). The lowest BCUT2D eigenvalue weighted by Crippen LogP contribution is -2.32. The molecule has 1 N–H and O–H groups in total. The van der Waals surface area contributed by atoms with Gasteiger partial charge in [0.1, 0.15) is 12.3 Å². The minimum atomic E-state index is -0.853. The Hall–Kier alpha value is -2.64. The number of hydrogen-bond donors (Lipinski definition) is 1. The molecule has 0 unspecified atom stereocenters. The maximum Gasteiger partial charge on any atom is 0.413 e. The number of nitro groups is 1. The summed E-state index contributed by atoms with van der Waals surface area (Å²) in [4.78, 5) is 31.7. The zero-order chi connectivity index (χ0) is 13.5. The number of ether oxygens (including phenoxy) is 2. The minimum absolute atomic E-state index is 0.114. The molecular weight excluding hydrogens is 244 g/mol. The maximum atomic E-state index is 11.2. The average molecular weight is 254 g/mol. The van der Waals surface area contributed by atoms with Crippen LogP contribution in [0.5, 0.6) is 5.75 Å². The van der Waals surface area contributed by atoms with E-state index in [0.717, 1.165) is 0 Å². The standard InChI is InChI=1S/C10H10N2O6/c1-17-9(13)6-11-10(14)18-8-4-2-7(3-5-8)12(15)16/h2-5H,6H2,1H3,(H,11,14). The average Bonchev–Trinajstić information content (AvgIpc) is 2.36. The Bertz CT molecular complexity index is 456. The molecule has 0 aliphatic heterocycles. The summed E-state index contributed by atoms with van der Waals surface area (Å²) in [5.41, 5.74) is -0.114. The molecule has 0 aliphatic carbocycles. The van der Waals surface area contributed by atoms with Crippen molar-refractivity contribution in [3.8, 4) is 5.75 Å². The molecule has 0 saturated heterocycles. The van der Waals surface area contributed by atoms with Gasteiger partial charge in [-0.25, -0.2) is 4.79 Å². The predicted molar refractivity (Wildman–Crippen MR) is 59.1 cm³/mol. The summed E-state index contributed by atoms with van der Waals surface area (Å²) in [6.45, 7) is -0.317. The van der Waals surface area contributed by atoms with Crippen LogP contribution in [0.2, 0.25) is 0 Å². The lowest BCUT2D eigenvalue weighted by atomic mass is 10.3. The second kappa shape index (κ2) is 6.18. The quantitative estimate of drug-likeness (QED) is 0.485. The van der Waals surface area contributed by atoms with Gasteiger partial charge in [-0.1, -0.05) is 0 Å². The van der Waals surface area contributed by atoms with E-state index in [9.17, 15) is 19.7 Å². The third-order valence-electron chi connectivity index (χ3n) is 1.86. The number of non-ortho nitro benzene ring substituents is 1. The molecule has 1 amide bonds. The number of esters is 1. The van der Waals surface area contributed by atoms with E-state index in [0.29, 0.717) is 0 Å². The van der Waals surface area contributed by atoms with Gasteiger partial charge in [-0.2, -0.15) is 0 Å². The summed E-state index contributed by atoms with van der Waals surface area (Å²) in [5.74, 6) is -0.487. The number of nitrogens with zero attached hydrogens (tertiary/aromatic N) is 1. The van der Waals surface area contributed by atoms with Gasteiger partial charge in [0.05, 0.1) is 12.0 Å². The van der Waals surface area contributed by atoms with Crippen molar-refractivity contribution in [1.29, 1.82) is 0 Å². The van der Waals surface area contributed by atoms with E-state index in [-0.39, 0.29) is 18.0 Å². The van der Waals surface area contributed by atoms with Gasteiger partial charge in [-0.05, 0) is 12.1 Å². The van der Waals surface area contributed by atoms with Crippen LogP contribution in [0.15, 0.2) is 24.3 Å². The second-order valence-electron chi connectivity index (χ2n) is 3.07. The zero-order valence-electron chi connectivity index (χ0n) is 9.41. The van der Waals surface area contributed by atoms with Crippen molar-refractivity contribution in [3.63, 3.8) is 0 Å². The first-order valence-electron chi connectivity index (χ1n) is 4.80. The highest BCUT2D eigenvalue weighted by molar-refractivity contribution is 5.78. The lowest BCUT2D eigenvalue weighted by molar-refractivity contribution is -0.384. The van der Waals surface area contributed by atoms with E-state index in [1.807, 2.05) is 0 Å². The maximum absolute atomic E-state index is 11.2. The summed E-state index contributed by atoms with van der Waals surface area (Å²) >= 11 is 0. The van der Waals surface area contributed by atoms with Crippen LogP contribution in [0, 0.1) is 10.1 Å². The molecule has 0 aromatic heterocycles. The van der Waals surface area contributed by atoms with Crippen LogP contribution in [0.25, 0.3) is 0 Å². The largest absolute Gasteiger partial charge is 0.468 e. The van der Waals surface area contributed by atoms with E-state index >= 15 is 0 Å². The summed E-state index contributed by atoms with van der Waals surface area (Å²) in [6.07, 6.45) is -0.853. The van der Waals surface area contributed by atoms with Gasteiger partial charge >= 0.3 is 12.1 Å². The van der Waals surface area contributed by atoms with Gasteiger partial charge in [0, 0.05) is 12.1 Å². The van der Waals surface area contributed by atoms with Crippen molar-refractivity contribution in [2.24, 2.45) is 0 Å². The van der Waals surface area contributed by atoms with Crippen molar-refractivity contribution in [2.75, 3.05) is 13.7 Å². The first-order chi connectivity index (χ1) is 8.52. The smallest absolute Gasteiger partial charge is 0.413 e. The summed E-state index contributed by atoms with van der Waals surface area (Å²) in [6, 6.07) is 4.94. The highest BCUT2D eigenvalue weighted by Crippen LogP contribution is 2.17. The fourth-order valence-electron chi connectivity index (χ4n) is 0.996. The topological polar surface area (TPSA) is 108 Å². The Balaban J connectivity index is 2.49. The summed E-state index contributed by atoms with van der Waals surface area (Å²) in [5, 5.41) is 12.5. The van der Waals surface area contributed by atoms with Crippen LogP contribution in [0.3, 0.4) is 0 Å². The van der Waals surface area contributed by atoms with Crippen LogP contribution in [0.1, 0.15) is 0 Å². The van der Waals surface area contributed by atoms with Gasteiger partial charge in [-0.15, -0.1) is 0 Å². The molecule has 18 heavy (non-hydrogen) atoms. The van der Waals surface area contributed by atoms with E-state index in [4.69, 9.17) is 4.74 Å². The van der Waals surface area contributed by atoms with Crippen molar-refractivity contribution in [2.45, 2.75) is 0 Å². The lowest BCUT2D eigenvalue weighted by Gasteiger charge is -2.05. The highest BCUT2D eigenvalue weighted by Gasteiger charge is 2.09. The fourth-order valence-corrected chi connectivity index (χ4v) is 0.996. The third kappa shape index (κ3) is 4.08. The molecule has 1 aromatic rings. The number of carbonyl (C=O) groups excluding carboxylic acids is 2. The molecule has 1 aromatic carbocycles. The molecule has 96 valence electrons. The van der Waals surface area contributed by atoms with Gasteiger partial charge in [0.15, 0.2) is 0 Å². The van der Waals surface area contributed by atoms with Crippen molar-refractivity contribution in [1.82, 2.24) is 5.32 Å². The van der Waals surface area contributed by atoms with Crippen molar-refractivity contribution < 1.29 is 24.0 Å². The van der Waals surface area contributed by atoms with Gasteiger partial charge in [-0.3, -0.25) is 14.9 Å². The van der Waals surface area contributed by atoms with Gasteiger partial charge in [0.25, 0.3) is 5.69 Å². The molecule has 0 atom stereocenters. The summed E-state index contributed by atoms with van der Waals surface area (Å²) < 4.78 is 9.07. The minimum Gasteiger partial charge on any atom is -0.468 e. The van der Waals surface area contributed by atoms with Gasteiger partial charge < -0.3 is 14.8 Å². The van der Waals surface area contributed by atoms with E-state index in [1.54, 1.807) is 0 Å². The molecule has 0 heterocycles. The summed E-state index contributed by atoms with van der Waals surface area (Å²) in [7, 11) is 1.19. The van der Waals surface area contributed by atoms with Crippen LogP contribution >= 0.6 is 0 Å². The fraction of sp³-hybridized carbons (Fsp3) is 0.200. The van der Waals surface area contributed by atoms with Crippen molar-refractivity contribution in [3.05, 3.63) is 34.4 Å². The molecule has 8 heteroatoms. The molecule has 0 aliphatic rings. The Morgan fingerprint density at radius 3 is 2.44 bits per heavy atom. The number of methoxy groups -OCH3 is 1. The van der Waals surface area contributed by atoms with E-state index < -0.39 is 17.0 Å². The molecule has 0 fully saturated rings. The highest BCUT2D eigenvalue weighted by atomic mass is 16.6. The molecule has 0 saturated carbocycles. The monoisotopic (exact) mass is 254 g/mol. The van der Waals surface area contributed by atoms with Crippen LogP contribution in [-0.2, 0) is 9.53 Å². The van der Waals surface area contributed by atoms with Gasteiger partial charge in [0.2, 0.25) is 0 Å². The van der Waals surface area contributed by atoms with Crippen LogP contribution in [0.4, 0.5) is 10.5 Å². The molecule has 0 bridgehead atoms. The normalized spacial score (nSPS) is 9.39. The predicted octanol–water partition coefficient (Wildman–Crippen LogP) is 0.856. The zero-order valence-corrected chi connectivity index (χ0v) is 9.41. The number of nitro benzene ring substituents is 1. The van der Waals surface area contributed by atoms with Crippen molar-refractivity contribution >= 4 is 17.7 Å². The Kier molecular flexibility index (Phi) is 4.61. The SMILES string of the molecule is COC(=O)CNC(=O)Oc1ccc([N+](=O)[O-])cc1. The Labute approximate surface area is 102 Å². The number of nitrogens with one attached hydrogen (secondary N) is 1. The van der Waals surface area contributed by atoms with Crippen LogP contribution < -0.4 is 10.1 Å². The van der Waals surface area contributed by atoms with E-state index in [2.05, 4.69) is 10.1 Å². The molecule has 8 nitrogen and oxygen atoms in total. The third-order valence-corrected chi connectivity index (χ3v) is 1.86. The van der Waals surface area contributed by atoms with Crippen LogP contribution in [-0.4, -0.2) is 30.6 Å². The Morgan fingerprint density at radius 2 is 1.94 bits per heavy atom. The molecule has 0 radical (unpaired) electrons. The molecular formula is C10H10N2O6. The van der Waals surface area contributed by atoms with E-state index in [1.165, 1.54) is 31.4 Å². The number of carbonyl (C=O) groups is 2. The number of amides is 1. The second-order valence-corrected chi connectivity index (χ2v) is 3.07. The number of hydrogen-bond acceptors (Lipinski definition) is 6. The first-order valence-corrected chi connectivity index (χ1v) is 4.80.